The summed E-state index contributed by atoms with van der Waals surface area (Å²) >= 11 is 0. The van der Waals surface area contributed by atoms with Gasteiger partial charge in [0.1, 0.15) is 17.7 Å². The molecule has 2 atom stereocenters. The van der Waals surface area contributed by atoms with Crippen molar-refractivity contribution in [3.05, 3.63) is 42.2 Å². The molecule has 5 nitrogen and oxygen atoms in total. The Labute approximate surface area is 103 Å². The number of hydrogen-bond donors (Lipinski definition) is 2. The van der Waals surface area contributed by atoms with Crippen LogP contribution in [0.3, 0.4) is 0 Å². The van der Waals surface area contributed by atoms with Gasteiger partial charge in [-0.15, -0.1) is 0 Å². The normalized spacial score (nSPS) is 21.9. The third-order valence-corrected chi connectivity index (χ3v) is 2.66. The zero-order chi connectivity index (χ0) is 13.1. The van der Waals surface area contributed by atoms with Crippen LogP contribution in [0.5, 0.6) is 5.75 Å². The molecule has 18 heavy (non-hydrogen) atoms. The van der Waals surface area contributed by atoms with E-state index < -0.39 is 12.1 Å². The highest BCUT2D eigenvalue weighted by molar-refractivity contribution is 5.71. The predicted octanol–water partition coefficient (Wildman–Crippen LogP) is 1.67. The summed E-state index contributed by atoms with van der Waals surface area (Å²) in [6.07, 6.45) is 3.48. The number of amides is 2. The Balaban J connectivity index is 1.92. The van der Waals surface area contributed by atoms with Crippen LogP contribution in [0, 0.1) is 5.82 Å². The molecule has 1 aromatic rings. The highest BCUT2D eigenvalue weighted by Crippen LogP contribution is 2.21. The molecule has 2 rings (SSSR count). The minimum atomic E-state index is -0.910. The van der Waals surface area contributed by atoms with Gasteiger partial charge in [0.15, 0.2) is 0 Å². The van der Waals surface area contributed by atoms with Crippen LogP contribution in [0.1, 0.15) is 6.42 Å². The van der Waals surface area contributed by atoms with Crippen molar-refractivity contribution in [2.24, 2.45) is 5.73 Å². The number of hydrogen-bond acceptors (Lipinski definition) is 3. The number of primary amides is 1. The van der Waals surface area contributed by atoms with Crippen LogP contribution in [0.4, 0.5) is 9.18 Å². The number of carbonyl (C=O) groups excluding carboxylic acids is 1. The van der Waals surface area contributed by atoms with E-state index in [4.69, 9.17) is 10.5 Å². The van der Waals surface area contributed by atoms with Crippen LogP contribution in [0.15, 0.2) is 36.4 Å². The Kier molecular flexibility index (Phi) is 3.47. The van der Waals surface area contributed by atoms with Crippen molar-refractivity contribution in [3.8, 4) is 5.75 Å². The summed E-state index contributed by atoms with van der Waals surface area (Å²) in [6, 6.07) is 4.23. The van der Waals surface area contributed by atoms with Gasteiger partial charge in [-0.25, -0.2) is 9.18 Å². The van der Waals surface area contributed by atoms with Crippen LogP contribution in [-0.2, 0) is 0 Å². The van der Waals surface area contributed by atoms with E-state index in [0.29, 0.717) is 17.2 Å². The first-order valence-corrected chi connectivity index (χ1v) is 5.44. The van der Waals surface area contributed by atoms with Crippen LogP contribution < -0.4 is 10.5 Å². The fourth-order valence-electron chi connectivity index (χ4n) is 1.77. The summed E-state index contributed by atoms with van der Waals surface area (Å²) in [7, 11) is 0. The van der Waals surface area contributed by atoms with Crippen molar-refractivity contribution in [1.82, 2.24) is 5.06 Å². The molecular formula is C12H13FN2O3. The monoisotopic (exact) mass is 252 g/mol. The van der Waals surface area contributed by atoms with Gasteiger partial charge in [-0.1, -0.05) is 6.08 Å². The van der Waals surface area contributed by atoms with E-state index in [0.717, 1.165) is 0 Å². The van der Waals surface area contributed by atoms with Crippen LogP contribution in [0.25, 0.3) is 0 Å². The summed E-state index contributed by atoms with van der Waals surface area (Å²) in [5.74, 6) is 0.188. The number of nitrogens with zero attached hydrogens (tertiary/aromatic N) is 1. The Morgan fingerprint density at radius 3 is 2.67 bits per heavy atom. The average Bonchev–Trinajstić information content (AvgIpc) is 2.79. The van der Waals surface area contributed by atoms with Crippen molar-refractivity contribution < 1.29 is 19.1 Å². The lowest BCUT2D eigenvalue weighted by atomic mass is 10.2. The van der Waals surface area contributed by atoms with Gasteiger partial charge in [0.25, 0.3) is 0 Å². The first kappa shape index (κ1) is 12.4. The second-order valence-electron chi connectivity index (χ2n) is 3.98. The maximum atomic E-state index is 12.7. The molecule has 1 aliphatic rings. The van der Waals surface area contributed by atoms with Gasteiger partial charge in [-0.05, 0) is 30.3 Å². The lowest BCUT2D eigenvalue weighted by molar-refractivity contribution is -0.0645. The van der Waals surface area contributed by atoms with Gasteiger partial charge in [0.2, 0.25) is 0 Å². The molecule has 0 aromatic heterocycles. The largest absolute Gasteiger partial charge is 0.486 e. The number of nitrogens with two attached hydrogens (primary N) is 1. The van der Waals surface area contributed by atoms with Gasteiger partial charge in [0, 0.05) is 6.42 Å². The third-order valence-electron chi connectivity index (χ3n) is 2.66. The average molecular weight is 252 g/mol. The summed E-state index contributed by atoms with van der Waals surface area (Å²) in [5.41, 5.74) is 4.95. The van der Waals surface area contributed by atoms with E-state index in [2.05, 4.69) is 0 Å². The van der Waals surface area contributed by atoms with E-state index in [1.54, 1.807) is 12.2 Å². The molecule has 0 radical (unpaired) electrons. The first-order chi connectivity index (χ1) is 8.56. The molecule has 0 aliphatic heterocycles. The number of rotatable bonds is 3. The van der Waals surface area contributed by atoms with Crippen LogP contribution >= 0.6 is 0 Å². The minimum Gasteiger partial charge on any atom is -0.486 e. The molecule has 2 amide bonds. The number of benzene rings is 1. The number of hydroxylamine groups is 2. The molecule has 0 saturated carbocycles. The lowest BCUT2D eigenvalue weighted by Crippen LogP contribution is -2.40. The minimum absolute atomic E-state index is 0.283. The number of ether oxygens (including phenoxy) is 1. The maximum Gasteiger partial charge on any atom is 0.339 e. The highest BCUT2D eigenvalue weighted by Gasteiger charge is 2.26. The molecule has 2 unspecified atom stereocenters. The lowest BCUT2D eigenvalue weighted by Gasteiger charge is -2.20. The second-order valence-corrected chi connectivity index (χ2v) is 3.98. The van der Waals surface area contributed by atoms with Crippen LogP contribution in [0.2, 0.25) is 0 Å². The molecule has 3 N–H and O–H groups in total. The summed E-state index contributed by atoms with van der Waals surface area (Å²) < 4.78 is 18.2. The van der Waals surface area contributed by atoms with E-state index in [9.17, 15) is 14.4 Å². The Bertz CT molecular complexity index is 461. The molecular weight excluding hydrogens is 239 g/mol. The summed E-state index contributed by atoms with van der Waals surface area (Å²) in [6.45, 7) is 0. The standard InChI is InChI=1S/C12H13FN2O3/c13-8-1-4-10(5-2-8)18-11-6-3-9(7-11)15(17)12(14)16/h1-6,9,11,17H,7H2,(H2,14,16). The molecule has 6 heteroatoms. The van der Waals surface area contributed by atoms with Gasteiger partial charge in [-0.3, -0.25) is 5.21 Å². The quantitative estimate of drug-likeness (QED) is 0.488. The zero-order valence-electron chi connectivity index (χ0n) is 9.49. The summed E-state index contributed by atoms with van der Waals surface area (Å²) in [4.78, 5) is 10.8. The molecule has 1 aliphatic carbocycles. The van der Waals surface area contributed by atoms with Gasteiger partial charge in [0.05, 0.1) is 6.04 Å². The SMILES string of the molecule is NC(=O)N(O)C1C=CC(Oc2ccc(F)cc2)C1. The van der Waals surface area contributed by atoms with E-state index in [-0.39, 0.29) is 11.9 Å². The van der Waals surface area contributed by atoms with Gasteiger partial charge < -0.3 is 10.5 Å². The van der Waals surface area contributed by atoms with Crippen molar-refractivity contribution in [3.63, 3.8) is 0 Å². The highest BCUT2D eigenvalue weighted by atomic mass is 19.1. The third kappa shape index (κ3) is 2.78. The number of urea groups is 1. The maximum absolute atomic E-state index is 12.7. The van der Waals surface area contributed by atoms with Crippen molar-refractivity contribution >= 4 is 6.03 Å². The second kappa shape index (κ2) is 5.05. The van der Waals surface area contributed by atoms with Crippen molar-refractivity contribution in [2.75, 3.05) is 0 Å². The summed E-state index contributed by atoms with van der Waals surface area (Å²) in [5, 5.41) is 9.81. The first-order valence-electron chi connectivity index (χ1n) is 5.44. The van der Waals surface area contributed by atoms with Gasteiger partial charge >= 0.3 is 6.03 Å². The Morgan fingerprint density at radius 1 is 1.39 bits per heavy atom. The molecule has 0 bridgehead atoms. The van der Waals surface area contributed by atoms with Crippen molar-refractivity contribution in [2.45, 2.75) is 18.6 Å². The molecule has 0 spiro atoms. The number of halogens is 1. The van der Waals surface area contributed by atoms with Gasteiger partial charge in [-0.2, -0.15) is 5.06 Å². The Morgan fingerprint density at radius 2 is 2.06 bits per heavy atom. The predicted molar refractivity (Wildman–Crippen MR) is 61.6 cm³/mol. The molecule has 0 heterocycles. The fourth-order valence-corrected chi connectivity index (χ4v) is 1.77. The topological polar surface area (TPSA) is 75.8 Å². The zero-order valence-corrected chi connectivity index (χ0v) is 9.49. The van der Waals surface area contributed by atoms with E-state index in [1.807, 2.05) is 0 Å². The molecule has 0 saturated heterocycles. The molecule has 0 fully saturated rings. The van der Waals surface area contributed by atoms with Crippen molar-refractivity contribution in [1.29, 1.82) is 0 Å². The number of carbonyl (C=O) groups is 1. The van der Waals surface area contributed by atoms with E-state index in [1.165, 1.54) is 24.3 Å². The van der Waals surface area contributed by atoms with E-state index >= 15 is 0 Å². The smallest absolute Gasteiger partial charge is 0.339 e. The molecule has 96 valence electrons. The fraction of sp³-hybridized carbons (Fsp3) is 0.250. The molecule has 1 aromatic carbocycles. The Hall–Kier alpha value is -2.08. The van der Waals surface area contributed by atoms with Crippen LogP contribution in [-0.4, -0.2) is 28.4 Å².